The van der Waals surface area contributed by atoms with Crippen LogP contribution in [0.5, 0.6) is 17.2 Å². The predicted molar refractivity (Wildman–Crippen MR) is 197 cm³/mol. The van der Waals surface area contributed by atoms with E-state index in [1.54, 1.807) is 46.0 Å². The second-order valence-corrected chi connectivity index (χ2v) is 13.1. The standard InChI is InChI=1S/C42H44N2O7/c1-42(2,3)51-39(46)28-50-37-22-17-32-24-34(16-15-33(32)25-37)40(41(47)43-26-30-9-7-6-8-10-30)44(27-31-13-20-36(49-5)21-14-31)38(45)23-29-11-18-35(48-4)19-12-29/h6-22,24-25,40H,23,26-28H2,1-5H3,(H,43,47)/t40-/m1/s1. The van der Waals surface area contributed by atoms with Gasteiger partial charge in [-0.1, -0.05) is 72.8 Å². The van der Waals surface area contributed by atoms with Gasteiger partial charge in [-0.15, -0.1) is 0 Å². The molecule has 0 spiro atoms. The molecule has 0 aromatic heterocycles. The van der Waals surface area contributed by atoms with Gasteiger partial charge >= 0.3 is 5.97 Å². The molecule has 5 rings (SSSR count). The van der Waals surface area contributed by atoms with Crippen LogP contribution < -0.4 is 19.5 Å². The number of ether oxygens (including phenoxy) is 4. The third kappa shape index (κ3) is 10.3. The molecule has 0 aliphatic heterocycles. The van der Waals surface area contributed by atoms with E-state index in [4.69, 9.17) is 18.9 Å². The lowest BCUT2D eigenvalue weighted by Gasteiger charge is -2.32. The summed E-state index contributed by atoms with van der Waals surface area (Å²) in [5, 5.41) is 4.76. The summed E-state index contributed by atoms with van der Waals surface area (Å²) in [6.07, 6.45) is 0.0779. The molecule has 51 heavy (non-hydrogen) atoms. The Morgan fingerprint density at radius 3 is 1.90 bits per heavy atom. The van der Waals surface area contributed by atoms with Gasteiger partial charge in [-0.25, -0.2) is 4.79 Å². The van der Waals surface area contributed by atoms with Crippen LogP contribution in [0.4, 0.5) is 0 Å². The summed E-state index contributed by atoms with van der Waals surface area (Å²) in [5.74, 6) is 0.895. The summed E-state index contributed by atoms with van der Waals surface area (Å²) >= 11 is 0. The first-order valence-corrected chi connectivity index (χ1v) is 16.8. The van der Waals surface area contributed by atoms with Crippen LogP contribution in [0.3, 0.4) is 0 Å². The first-order chi connectivity index (χ1) is 24.5. The van der Waals surface area contributed by atoms with Crippen molar-refractivity contribution in [3.05, 3.63) is 138 Å². The Bertz CT molecular complexity index is 1940. The van der Waals surface area contributed by atoms with E-state index in [9.17, 15) is 14.4 Å². The van der Waals surface area contributed by atoms with E-state index in [0.717, 1.165) is 27.5 Å². The van der Waals surface area contributed by atoms with E-state index in [0.29, 0.717) is 29.4 Å². The number of rotatable bonds is 14. The second kappa shape index (κ2) is 16.7. The number of carbonyl (C=O) groups excluding carboxylic acids is 3. The SMILES string of the molecule is COc1ccc(CC(=O)N(Cc2ccc(OC)cc2)[C@@H](C(=O)NCc2ccccc2)c2ccc3cc(OCC(=O)OC(C)(C)C)ccc3c2)cc1. The van der Waals surface area contributed by atoms with Crippen LogP contribution in [-0.4, -0.2) is 49.1 Å². The van der Waals surface area contributed by atoms with E-state index >= 15 is 0 Å². The molecule has 1 N–H and O–H groups in total. The van der Waals surface area contributed by atoms with Crippen molar-refractivity contribution >= 4 is 28.6 Å². The van der Waals surface area contributed by atoms with Crippen LogP contribution in [0.1, 0.15) is 49.1 Å². The maximum atomic E-state index is 14.3. The smallest absolute Gasteiger partial charge is 0.344 e. The molecule has 0 bridgehead atoms. The molecule has 5 aromatic rings. The van der Waals surface area contributed by atoms with E-state index in [1.807, 2.05) is 109 Å². The minimum atomic E-state index is -0.964. The average Bonchev–Trinajstić information content (AvgIpc) is 3.13. The summed E-state index contributed by atoms with van der Waals surface area (Å²) in [6.45, 7) is 5.67. The minimum Gasteiger partial charge on any atom is -0.497 e. The lowest BCUT2D eigenvalue weighted by atomic mass is 9.98. The van der Waals surface area contributed by atoms with Crippen LogP contribution in [0.2, 0.25) is 0 Å². The van der Waals surface area contributed by atoms with Gasteiger partial charge in [-0.05, 0) is 96.3 Å². The van der Waals surface area contributed by atoms with E-state index < -0.39 is 17.6 Å². The average molecular weight is 689 g/mol. The Morgan fingerprint density at radius 2 is 1.27 bits per heavy atom. The fourth-order valence-electron chi connectivity index (χ4n) is 5.64. The number of amides is 2. The molecule has 0 aliphatic rings. The summed E-state index contributed by atoms with van der Waals surface area (Å²) < 4.78 is 21.7. The summed E-state index contributed by atoms with van der Waals surface area (Å²) in [4.78, 5) is 42.5. The normalized spacial score (nSPS) is 11.7. The van der Waals surface area contributed by atoms with Crippen LogP contribution in [0, 0.1) is 0 Å². The number of benzene rings is 5. The van der Waals surface area contributed by atoms with Gasteiger partial charge in [0.15, 0.2) is 6.61 Å². The Balaban J connectivity index is 1.49. The van der Waals surface area contributed by atoms with Gasteiger partial charge in [0, 0.05) is 13.1 Å². The number of hydrogen-bond acceptors (Lipinski definition) is 7. The lowest BCUT2D eigenvalue weighted by molar-refractivity contribution is -0.157. The second-order valence-electron chi connectivity index (χ2n) is 13.1. The molecular formula is C42H44N2O7. The Kier molecular flexibility index (Phi) is 11.9. The lowest BCUT2D eigenvalue weighted by Crippen LogP contribution is -2.43. The highest BCUT2D eigenvalue weighted by atomic mass is 16.6. The fourth-order valence-corrected chi connectivity index (χ4v) is 5.64. The molecule has 0 saturated heterocycles. The van der Waals surface area contributed by atoms with Crippen LogP contribution >= 0.6 is 0 Å². The Morgan fingerprint density at radius 1 is 0.686 bits per heavy atom. The van der Waals surface area contributed by atoms with Crippen molar-refractivity contribution in [3.63, 3.8) is 0 Å². The van der Waals surface area contributed by atoms with E-state index in [-0.39, 0.29) is 31.4 Å². The van der Waals surface area contributed by atoms with Gasteiger partial charge in [-0.2, -0.15) is 0 Å². The zero-order valence-electron chi connectivity index (χ0n) is 29.7. The largest absolute Gasteiger partial charge is 0.497 e. The quantitative estimate of drug-likeness (QED) is 0.123. The molecular weight excluding hydrogens is 644 g/mol. The molecule has 0 unspecified atom stereocenters. The summed E-state index contributed by atoms with van der Waals surface area (Å²) in [7, 11) is 3.19. The van der Waals surface area contributed by atoms with Crippen molar-refractivity contribution < 1.29 is 33.3 Å². The number of nitrogens with one attached hydrogen (secondary N) is 1. The predicted octanol–water partition coefficient (Wildman–Crippen LogP) is 7.21. The molecule has 9 heteroatoms. The molecule has 0 fully saturated rings. The maximum Gasteiger partial charge on any atom is 0.344 e. The summed E-state index contributed by atoms with van der Waals surface area (Å²) in [6, 6.07) is 34.6. The van der Waals surface area contributed by atoms with Crippen molar-refractivity contribution in [3.8, 4) is 17.2 Å². The first-order valence-electron chi connectivity index (χ1n) is 16.8. The zero-order chi connectivity index (χ0) is 36.4. The molecule has 2 amide bonds. The van der Waals surface area contributed by atoms with Gasteiger partial charge in [-0.3, -0.25) is 9.59 Å². The van der Waals surface area contributed by atoms with Gasteiger partial charge in [0.1, 0.15) is 28.9 Å². The van der Waals surface area contributed by atoms with Crippen molar-refractivity contribution in [1.29, 1.82) is 0 Å². The minimum absolute atomic E-state index is 0.0779. The van der Waals surface area contributed by atoms with Gasteiger partial charge in [0.05, 0.1) is 20.6 Å². The van der Waals surface area contributed by atoms with Crippen molar-refractivity contribution in [2.45, 2.75) is 51.9 Å². The topological polar surface area (TPSA) is 103 Å². The van der Waals surface area contributed by atoms with Crippen molar-refractivity contribution in [2.75, 3.05) is 20.8 Å². The Labute approximate surface area is 299 Å². The van der Waals surface area contributed by atoms with Crippen LogP contribution in [-0.2, 0) is 38.6 Å². The van der Waals surface area contributed by atoms with E-state index in [2.05, 4.69) is 5.32 Å². The number of fused-ring (bicyclic) bond motifs is 1. The molecule has 0 saturated carbocycles. The molecule has 264 valence electrons. The van der Waals surface area contributed by atoms with Crippen molar-refractivity contribution in [2.24, 2.45) is 0 Å². The Hall–Kier alpha value is -5.83. The molecule has 0 radical (unpaired) electrons. The number of nitrogens with zero attached hydrogens (tertiary/aromatic N) is 1. The highest BCUT2D eigenvalue weighted by Crippen LogP contribution is 2.30. The highest BCUT2D eigenvalue weighted by molar-refractivity contribution is 5.92. The van der Waals surface area contributed by atoms with Gasteiger partial charge < -0.3 is 29.2 Å². The summed E-state index contributed by atoms with van der Waals surface area (Å²) in [5.41, 5.74) is 2.61. The van der Waals surface area contributed by atoms with Crippen molar-refractivity contribution in [1.82, 2.24) is 10.2 Å². The maximum absolute atomic E-state index is 14.3. The third-order valence-corrected chi connectivity index (χ3v) is 8.14. The monoisotopic (exact) mass is 688 g/mol. The fraction of sp³-hybridized carbons (Fsp3) is 0.262. The number of methoxy groups -OCH3 is 2. The molecule has 9 nitrogen and oxygen atoms in total. The number of carbonyl (C=O) groups is 3. The first kappa shape index (κ1) is 36.5. The van der Waals surface area contributed by atoms with Crippen LogP contribution in [0.25, 0.3) is 10.8 Å². The van der Waals surface area contributed by atoms with Gasteiger partial charge in [0.25, 0.3) is 0 Å². The molecule has 0 aliphatic carbocycles. The molecule has 1 atom stereocenters. The number of hydrogen-bond donors (Lipinski definition) is 1. The highest BCUT2D eigenvalue weighted by Gasteiger charge is 2.32. The zero-order valence-corrected chi connectivity index (χ0v) is 29.7. The molecule has 5 aromatic carbocycles. The van der Waals surface area contributed by atoms with Gasteiger partial charge in [0.2, 0.25) is 11.8 Å². The van der Waals surface area contributed by atoms with E-state index in [1.165, 1.54) is 0 Å². The molecule has 0 heterocycles. The third-order valence-electron chi connectivity index (χ3n) is 8.14. The number of esters is 1. The van der Waals surface area contributed by atoms with Crippen LogP contribution in [0.15, 0.2) is 115 Å².